The fourth-order valence-corrected chi connectivity index (χ4v) is 2.19. The molecule has 2 rings (SSSR count). The van der Waals surface area contributed by atoms with Crippen molar-refractivity contribution in [1.82, 2.24) is 10.2 Å². The van der Waals surface area contributed by atoms with Crippen molar-refractivity contribution >= 4 is 23.3 Å². The van der Waals surface area contributed by atoms with Crippen LogP contribution in [0.4, 0.5) is 11.5 Å². The maximum Gasteiger partial charge on any atom is 0.123 e. The third-order valence-electron chi connectivity index (χ3n) is 2.58. The molecule has 0 radical (unpaired) electrons. The summed E-state index contributed by atoms with van der Waals surface area (Å²) in [7, 11) is 0. The van der Waals surface area contributed by atoms with E-state index in [2.05, 4.69) is 21.6 Å². The van der Waals surface area contributed by atoms with E-state index in [0.717, 1.165) is 16.1 Å². The number of nitrogens with zero attached hydrogens (tertiary/aromatic N) is 2. The molecule has 0 aliphatic rings. The number of aromatic nitrogens is 2. The van der Waals surface area contributed by atoms with Crippen molar-refractivity contribution in [3.05, 3.63) is 35.5 Å². The predicted octanol–water partition coefficient (Wildman–Crippen LogP) is 2.20. The van der Waals surface area contributed by atoms with Gasteiger partial charge >= 0.3 is 0 Å². The molecule has 0 fully saturated rings. The van der Waals surface area contributed by atoms with E-state index in [9.17, 15) is 5.26 Å². The Kier molecular flexibility index (Phi) is 3.75. The van der Waals surface area contributed by atoms with Crippen LogP contribution in [0.5, 0.6) is 0 Å². The summed E-state index contributed by atoms with van der Waals surface area (Å²) >= 11 is 1.55. The average molecular weight is 259 g/mol. The van der Waals surface area contributed by atoms with Gasteiger partial charge in [-0.25, -0.2) is 0 Å². The van der Waals surface area contributed by atoms with Gasteiger partial charge in [0.2, 0.25) is 0 Å². The number of H-pyrrole nitrogens is 1. The van der Waals surface area contributed by atoms with Crippen molar-refractivity contribution in [3.8, 4) is 6.07 Å². The maximum absolute atomic E-state index is 9.20. The summed E-state index contributed by atoms with van der Waals surface area (Å²) in [4.78, 5) is 0.961. The first-order chi connectivity index (χ1) is 8.76. The minimum absolute atomic E-state index is 0.537. The second-order valence-corrected chi connectivity index (χ2v) is 4.51. The highest BCUT2D eigenvalue weighted by Gasteiger charge is 2.08. The van der Waals surface area contributed by atoms with Crippen LogP contribution in [0.3, 0.4) is 0 Å². The number of nitriles is 1. The van der Waals surface area contributed by atoms with Crippen LogP contribution in [-0.4, -0.2) is 16.5 Å². The number of rotatable bonds is 4. The normalized spacial score (nSPS) is 10.0. The molecule has 92 valence electrons. The van der Waals surface area contributed by atoms with Gasteiger partial charge in [0.15, 0.2) is 0 Å². The van der Waals surface area contributed by atoms with Gasteiger partial charge in [0.1, 0.15) is 11.9 Å². The zero-order valence-corrected chi connectivity index (χ0v) is 10.7. The van der Waals surface area contributed by atoms with Crippen LogP contribution in [-0.2, 0) is 6.54 Å². The number of nitrogens with two attached hydrogens (primary N) is 1. The fraction of sp³-hybridized carbons (Fsp3) is 0.167. The number of hydrogen-bond acceptors (Lipinski definition) is 5. The molecule has 0 aliphatic carbocycles. The van der Waals surface area contributed by atoms with E-state index >= 15 is 0 Å². The molecule has 1 heterocycles. The molecule has 5 nitrogen and oxygen atoms in total. The van der Waals surface area contributed by atoms with Gasteiger partial charge in [0.25, 0.3) is 0 Å². The summed E-state index contributed by atoms with van der Waals surface area (Å²) in [6.07, 6.45) is 3.63. The summed E-state index contributed by atoms with van der Waals surface area (Å²) in [5, 5.41) is 18.9. The fourth-order valence-electron chi connectivity index (χ4n) is 1.62. The lowest BCUT2D eigenvalue weighted by Gasteiger charge is -2.09. The van der Waals surface area contributed by atoms with E-state index in [1.807, 2.05) is 24.5 Å². The molecule has 4 N–H and O–H groups in total. The molecule has 0 atom stereocenters. The van der Waals surface area contributed by atoms with Crippen molar-refractivity contribution in [2.24, 2.45) is 0 Å². The Morgan fingerprint density at radius 2 is 2.39 bits per heavy atom. The Morgan fingerprint density at radius 1 is 1.56 bits per heavy atom. The van der Waals surface area contributed by atoms with Crippen molar-refractivity contribution in [3.63, 3.8) is 0 Å². The number of benzene rings is 1. The minimum atomic E-state index is 0.537. The monoisotopic (exact) mass is 259 g/mol. The van der Waals surface area contributed by atoms with Gasteiger partial charge in [-0.2, -0.15) is 10.4 Å². The lowest BCUT2D eigenvalue weighted by molar-refractivity contribution is 1.10. The molecule has 1 aromatic carbocycles. The molecule has 0 bridgehead atoms. The van der Waals surface area contributed by atoms with Crippen molar-refractivity contribution < 1.29 is 0 Å². The van der Waals surface area contributed by atoms with E-state index in [1.54, 1.807) is 18.0 Å². The number of anilines is 2. The van der Waals surface area contributed by atoms with Crippen molar-refractivity contribution in [2.75, 3.05) is 17.3 Å². The van der Waals surface area contributed by atoms with E-state index in [-0.39, 0.29) is 0 Å². The first-order valence-electron chi connectivity index (χ1n) is 5.35. The number of nitrogen functional groups attached to an aromatic ring is 1. The Morgan fingerprint density at radius 3 is 3.00 bits per heavy atom. The lowest BCUT2D eigenvalue weighted by atomic mass is 10.2. The quantitative estimate of drug-likeness (QED) is 0.732. The molecular weight excluding hydrogens is 246 g/mol. The van der Waals surface area contributed by atoms with Crippen LogP contribution in [0.1, 0.15) is 11.1 Å². The Labute approximate surface area is 109 Å². The summed E-state index contributed by atoms with van der Waals surface area (Å²) in [6.45, 7) is 0.537. The summed E-state index contributed by atoms with van der Waals surface area (Å²) in [5.74, 6) is 0.544. The molecule has 0 unspecified atom stereocenters. The molecule has 1 aromatic heterocycles. The van der Waals surface area contributed by atoms with Gasteiger partial charge in [-0.3, -0.25) is 5.10 Å². The van der Waals surface area contributed by atoms with Crippen LogP contribution in [0.15, 0.2) is 29.3 Å². The summed E-state index contributed by atoms with van der Waals surface area (Å²) in [5.41, 5.74) is 8.06. The van der Waals surface area contributed by atoms with E-state index < -0.39 is 0 Å². The topological polar surface area (TPSA) is 90.5 Å². The molecule has 2 aromatic rings. The average Bonchev–Trinajstić information content (AvgIpc) is 2.81. The maximum atomic E-state index is 9.20. The SMILES string of the molecule is CSc1cccc(NCc2cn[nH]c2N)c1C#N. The highest BCUT2D eigenvalue weighted by molar-refractivity contribution is 7.98. The Balaban J connectivity index is 2.20. The molecule has 0 aliphatic heterocycles. The molecule has 0 saturated heterocycles. The van der Waals surface area contributed by atoms with E-state index in [4.69, 9.17) is 5.73 Å². The van der Waals surface area contributed by atoms with E-state index in [0.29, 0.717) is 17.9 Å². The van der Waals surface area contributed by atoms with E-state index in [1.165, 1.54) is 0 Å². The highest BCUT2D eigenvalue weighted by Crippen LogP contribution is 2.26. The van der Waals surface area contributed by atoms with Crippen LogP contribution in [0.2, 0.25) is 0 Å². The number of aromatic amines is 1. The number of nitrogens with one attached hydrogen (secondary N) is 2. The number of thioether (sulfide) groups is 1. The number of hydrogen-bond donors (Lipinski definition) is 3. The van der Waals surface area contributed by atoms with Gasteiger partial charge < -0.3 is 11.1 Å². The van der Waals surface area contributed by atoms with Crippen LogP contribution in [0, 0.1) is 11.3 Å². The Hall–Kier alpha value is -2.13. The smallest absolute Gasteiger partial charge is 0.123 e. The van der Waals surface area contributed by atoms with Crippen molar-refractivity contribution in [2.45, 2.75) is 11.4 Å². The van der Waals surface area contributed by atoms with Crippen LogP contribution in [0.25, 0.3) is 0 Å². The van der Waals surface area contributed by atoms with Crippen LogP contribution >= 0.6 is 11.8 Å². The molecule has 18 heavy (non-hydrogen) atoms. The second-order valence-electron chi connectivity index (χ2n) is 3.66. The molecule has 0 spiro atoms. The zero-order valence-electron chi connectivity index (χ0n) is 9.90. The van der Waals surface area contributed by atoms with Gasteiger partial charge in [0.05, 0.1) is 17.4 Å². The Bertz CT molecular complexity index is 584. The largest absolute Gasteiger partial charge is 0.384 e. The third-order valence-corrected chi connectivity index (χ3v) is 3.36. The molecule has 0 amide bonds. The minimum Gasteiger partial charge on any atom is -0.384 e. The third kappa shape index (κ3) is 2.41. The van der Waals surface area contributed by atoms with Crippen molar-refractivity contribution in [1.29, 1.82) is 5.26 Å². The molecule has 6 heteroatoms. The first-order valence-corrected chi connectivity index (χ1v) is 6.57. The van der Waals surface area contributed by atoms with Gasteiger partial charge in [0, 0.05) is 17.0 Å². The standard InChI is InChI=1S/C12H13N5S/c1-18-11-4-2-3-10(9(11)5-13)15-6-8-7-16-17-12(8)14/h2-4,7,15H,6H2,1H3,(H3,14,16,17). The molecule has 0 saturated carbocycles. The van der Waals surface area contributed by atoms with Gasteiger partial charge in [-0.1, -0.05) is 6.07 Å². The highest BCUT2D eigenvalue weighted by atomic mass is 32.2. The zero-order chi connectivity index (χ0) is 13.0. The summed E-state index contributed by atoms with van der Waals surface area (Å²) < 4.78 is 0. The van der Waals surface area contributed by atoms with Gasteiger partial charge in [-0.15, -0.1) is 11.8 Å². The molecular formula is C12H13N5S. The predicted molar refractivity (Wildman–Crippen MR) is 73.3 cm³/mol. The second kappa shape index (κ2) is 5.47. The van der Waals surface area contributed by atoms with Gasteiger partial charge in [-0.05, 0) is 18.4 Å². The van der Waals surface area contributed by atoms with Crippen LogP contribution < -0.4 is 11.1 Å². The first kappa shape index (κ1) is 12.3. The summed E-state index contributed by atoms with van der Waals surface area (Å²) in [6, 6.07) is 7.96. The lowest BCUT2D eigenvalue weighted by Crippen LogP contribution is -2.03.